The van der Waals surface area contributed by atoms with Crippen LogP contribution in [0.15, 0.2) is 12.5 Å². The van der Waals surface area contributed by atoms with Crippen molar-refractivity contribution in [3.8, 4) is 0 Å². The van der Waals surface area contributed by atoms with Crippen molar-refractivity contribution in [3.63, 3.8) is 0 Å². The number of hydrogen-bond acceptors (Lipinski definition) is 3. The highest BCUT2D eigenvalue weighted by Crippen LogP contribution is 2.19. The standard InChI is InChI=1S/C13H24N4/c1-10(2)13(14)12-8-17(9-15-12)7-11-4-5-16(3)6-11/h8-11,13H,4-7,14H2,1-3H3/t11-,13+/m0/s1. The molecule has 1 aliphatic heterocycles. The van der Waals surface area contributed by atoms with Gasteiger partial charge in [0.05, 0.1) is 18.1 Å². The largest absolute Gasteiger partial charge is 0.337 e. The van der Waals surface area contributed by atoms with Crippen molar-refractivity contribution in [1.29, 1.82) is 0 Å². The molecule has 1 fully saturated rings. The van der Waals surface area contributed by atoms with Crippen LogP contribution in [0.25, 0.3) is 0 Å². The molecule has 0 saturated carbocycles. The van der Waals surface area contributed by atoms with Gasteiger partial charge >= 0.3 is 0 Å². The van der Waals surface area contributed by atoms with Crippen LogP contribution in [0.1, 0.15) is 32.0 Å². The molecule has 2 N–H and O–H groups in total. The van der Waals surface area contributed by atoms with E-state index in [-0.39, 0.29) is 6.04 Å². The number of likely N-dealkylation sites (tertiary alicyclic amines) is 1. The molecule has 0 unspecified atom stereocenters. The van der Waals surface area contributed by atoms with Crippen LogP contribution < -0.4 is 5.73 Å². The Morgan fingerprint density at radius 1 is 1.53 bits per heavy atom. The van der Waals surface area contributed by atoms with E-state index in [0.717, 1.165) is 18.2 Å². The van der Waals surface area contributed by atoms with Crippen molar-refractivity contribution in [2.24, 2.45) is 17.6 Å². The normalized spacial score (nSPS) is 23.5. The van der Waals surface area contributed by atoms with E-state index in [2.05, 4.69) is 41.5 Å². The van der Waals surface area contributed by atoms with Crippen molar-refractivity contribution in [2.45, 2.75) is 32.9 Å². The zero-order valence-corrected chi connectivity index (χ0v) is 11.1. The maximum absolute atomic E-state index is 6.10. The molecule has 0 bridgehead atoms. The van der Waals surface area contributed by atoms with E-state index >= 15 is 0 Å². The first-order chi connectivity index (χ1) is 8.06. The third-order valence-electron chi connectivity index (χ3n) is 3.67. The predicted molar refractivity (Wildman–Crippen MR) is 69.6 cm³/mol. The third-order valence-corrected chi connectivity index (χ3v) is 3.67. The maximum Gasteiger partial charge on any atom is 0.0950 e. The molecule has 4 heteroatoms. The van der Waals surface area contributed by atoms with Gasteiger partial charge < -0.3 is 15.2 Å². The maximum atomic E-state index is 6.10. The second-order valence-electron chi connectivity index (χ2n) is 5.68. The Hall–Kier alpha value is -0.870. The van der Waals surface area contributed by atoms with Crippen LogP contribution in [-0.4, -0.2) is 34.6 Å². The van der Waals surface area contributed by atoms with E-state index < -0.39 is 0 Å². The Bertz CT molecular complexity index is 358. The van der Waals surface area contributed by atoms with Gasteiger partial charge in [0.2, 0.25) is 0 Å². The number of nitrogens with two attached hydrogens (primary N) is 1. The Labute approximate surface area is 104 Å². The van der Waals surface area contributed by atoms with Crippen LogP contribution in [0.2, 0.25) is 0 Å². The van der Waals surface area contributed by atoms with Gasteiger partial charge in [0.15, 0.2) is 0 Å². The molecule has 1 aromatic heterocycles. The summed E-state index contributed by atoms with van der Waals surface area (Å²) >= 11 is 0. The number of imidazole rings is 1. The third kappa shape index (κ3) is 3.07. The Morgan fingerprint density at radius 2 is 2.29 bits per heavy atom. The summed E-state index contributed by atoms with van der Waals surface area (Å²) in [5.41, 5.74) is 7.12. The Balaban J connectivity index is 1.94. The fourth-order valence-corrected chi connectivity index (χ4v) is 2.46. The molecule has 4 nitrogen and oxygen atoms in total. The summed E-state index contributed by atoms with van der Waals surface area (Å²) in [5, 5.41) is 0. The van der Waals surface area contributed by atoms with Gasteiger partial charge in [0.1, 0.15) is 0 Å². The van der Waals surface area contributed by atoms with Crippen LogP contribution >= 0.6 is 0 Å². The summed E-state index contributed by atoms with van der Waals surface area (Å²) in [5.74, 6) is 1.20. The average molecular weight is 236 g/mol. The number of nitrogens with zero attached hydrogens (tertiary/aromatic N) is 3. The smallest absolute Gasteiger partial charge is 0.0950 e. The first-order valence-electron chi connectivity index (χ1n) is 6.52. The van der Waals surface area contributed by atoms with Crippen LogP contribution in [0.3, 0.4) is 0 Å². The lowest BCUT2D eigenvalue weighted by Crippen LogP contribution is -2.17. The lowest BCUT2D eigenvalue weighted by Gasteiger charge is -2.13. The molecule has 0 radical (unpaired) electrons. The molecule has 0 aromatic carbocycles. The molecule has 2 atom stereocenters. The zero-order valence-electron chi connectivity index (χ0n) is 11.1. The first-order valence-corrected chi connectivity index (χ1v) is 6.52. The summed E-state index contributed by atoms with van der Waals surface area (Å²) in [6.45, 7) is 7.76. The van der Waals surface area contributed by atoms with Gasteiger partial charge in [0.25, 0.3) is 0 Å². The molecule has 17 heavy (non-hydrogen) atoms. The van der Waals surface area contributed by atoms with E-state index in [9.17, 15) is 0 Å². The fourth-order valence-electron chi connectivity index (χ4n) is 2.46. The minimum atomic E-state index is 0.0579. The lowest BCUT2D eigenvalue weighted by molar-refractivity contribution is 0.378. The van der Waals surface area contributed by atoms with Crippen molar-refractivity contribution >= 4 is 0 Å². The van der Waals surface area contributed by atoms with E-state index in [1.54, 1.807) is 0 Å². The number of aromatic nitrogens is 2. The molecule has 96 valence electrons. The van der Waals surface area contributed by atoms with Gasteiger partial charge in [-0.2, -0.15) is 0 Å². The van der Waals surface area contributed by atoms with Crippen LogP contribution in [-0.2, 0) is 6.54 Å². The molecule has 0 spiro atoms. The quantitative estimate of drug-likeness (QED) is 0.861. The summed E-state index contributed by atoms with van der Waals surface area (Å²) in [6, 6.07) is 0.0579. The van der Waals surface area contributed by atoms with E-state index in [1.165, 1.54) is 19.5 Å². The molecular formula is C13H24N4. The average Bonchev–Trinajstić information content (AvgIpc) is 2.87. The number of rotatable bonds is 4. The molecule has 1 aliphatic rings. The van der Waals surface area contributed by atoms with E-state index in [1.807, 2.05) is 6.33 Å². The highest BCUT2D eigenvalue weighted by Gasteiger charge is 2.20. The molecule has 0 aliphatic carbocycles. The fraction of sp³-hybridized carbons (Fsp3) is 0.769. The van der Waals surface area contributed by atoms with Gasteiger partial charge in [-0.25, -0.2) is 4.98 Å². The molecule has 1 aromatic rings. The SMILES string of the molecule is CC(C)[C@@H](N)c1cn(C[C@H]2CCN(C)C2)cn1. The van der Waals surface area contributed by atoms with Crippen LogP contribution in [0.4, 0.5) is 0 Å². The van der Waals surface area contributed by atoms with Gasteiger partial charge in [-0.05, 0) is 31.8 Å². The zero-order chi connectivity index (χ0) is 12.4. The van der Waals surface area contributed by atoms with Crippen LogP contribution in [0, 0.1) is 11.8 Å². The van der Waals surface area contributed by atoms with Crippen LogP contribution in [0.5, 0.6) is 0 Å². The number of hydrogen-bond donors (Lipinski definition) is 1. The monoisotopic (exact) mass is 236 g/mol. The minimum absolute atomic E-state index is 0.0579. The summed E-state index contributed by atoms with van der Waals surface area (Å²) < 4.78 is 2.20. The predicted octanol–water partition coefficient (Wildman–Crippen LogP) is 1.49. The summed E-state index contributed by atoms with van der Waals surface area (Å²) in [6.07, 6.45) is 5.33. The molecule has 1 saturated heterocycles. The minimum Gasteiger partial charge on any atom is -0.337 e. The van der Waals surface area contributed by atoms with Crippen molar-refractivity contribution in [1.82, 2.24) is 14.5 Å². The summed E-state index contributed by atoms with van der Waals surface area (Å²) in [4.78, 5) is 6.81. The van der Waals surface area contributed by atoms with Crippen molar-refractivity contribution < 1.29 is 0 Å². The first kappa shape index (κ1) is 12.6. The second-order valence-corrected chi connectivity index (χ2v) is 5.68. The van der Waals surface area contributed by atoms with Crippen molar-refractivity contribution in [2.75, 3.05) is 20.1 Å². The Morgan fingerprint density at radius 3 is 2.88 bits per heavy atom. The highest BCUT2D eigenvalue weighted by atomic mass is 15.1. The molecule has 2 heterocycles. The van der Waals surface area contributed by atoms with Crippen molar-refractivity contribution in [3.05, 3.63) is 18.2 Å². The van der Waals surface area contributed by atoms with Gasteiger partial charge in [-0.3, -0.25) is 0 Å². The summed E-state index contributed by atoms with van der Waals surface area (Å²) in [7, 11) is 2.19. The molecular weight excluding hydrogens is 212 g/mol. The lowest BCUT2D eigenvalue weighted by atomic mass is 10.0. The Kier molecular flexibility index (Phi) is 3.84. The topological polar surface area (TPSA) is 47.1 Å². The molecule has 0 amide bonds. The highest BCUT2D eigenvalue weighted by molar-refractivity contribution is 5.04. The molecule has 2 rings (SSSR count). The second kappa shape index (κ2) is 5.19. The van der Waals surface area contributed by atoms with Gasteiger partial charge in [-0.1, -0.05) is 13.8 Å². The van der Waals surface area contributed by atoms with Gasteiger partial charge in [0, 0.05) is 19.3 Å². The van der Waals surface area contributed by atoms with E-state index in [4.69, 9.17) is 5.73 Å². The van der Waals surface area contributed by atoms with E-state index in [0.29, 0.717) is 5.92 Å². The van der Waals surface area contributed by atoms with Gasteiger partial charge in [-0.15, -0.1) is 0 Å².